The molecule has 1 fully saturated rings. The molecule has 1 aliphatic rings. The molecule has 0 radical (unpaired) electrons. The van der Waals surface area contributed by atoms with Gasteiger partial charge in [0.1, 0.15) is 12.4 Å². The van der Waals surface area contributed by atoms with Crippen LogP contribution in [0, 0.1) is 0 Å². The highest BCUT2D eigenvalue weighted by Crippen LogP contribution is 2.24. The Labute approximate surface area is 176 Å². The van der Waals surface area contributed by atoms with Gasteiger partial charge in [-0.1, -0.05) is 12.1 Å². The second kappa shape index (κ2) is 9.47. The van der Waals surface area contributed by atoms with E-state index in [0.29, 0.717) is 24.0 Å². The quantitative estimate of drug-likeness (QED) is 0.410. The van der Waals surface area contributed by atoms with Gasteiger partial charge in [-0.05, 0) is 56.5 Å². The van der Waals surface area contributed by atoms with Crippen LogP contribution < -0.4 is 15.5 Å². The Bertz CT molecular complexity index is 958. The Morgan fingerprint density at radius 2 is 2.13 bits per heavy atom. The van der Waals surface area contributed by atoms with Crippen LogP contribution in [0.2, 0.25) is 0 Å². The first-order valence-corrected chi connectivity index (χ1v) is 10.6. The lowest BCUT2D eigenvalue weighted by Gasteiger charge is -2.22. The zero-order valence-electron chi connectivity index (χ0n) is 17.6. The maximum Gasteiger partial charge on any atom is 0.216 e. The normalized spacial score (nSPS) is 15.4. The third-order valence-electron chi connectivity index (χ3n) is 5.20. The van der Waals surface area contributed by atoms with Crippen LogP contribution in [0.3, 0.4) is 0 Å². The fourth-order valence-corrected chi connectivity index (χ4v) is 3.61. The third kappa shape index (κ3) is 4.82. The van der Waals surface area contributed by atoms with Gasteiger partial charge in [-0.15, -0.1) is 5.10 Å². The summed E-state index contributed by atoms with van der Waals surface area (Å²) in [6, 6.07) is 12.5. The van der Waals surface area contributed by atoms with E-state index in [9.17, 15) is 0 Å². The van der Waals surface area contributed by atoms with Crippen molar-refractivity contribution in [1.29, 1.82) is 0 Å². The zero-order valence-corrected chi connectivity index (χ0v) is 17.6. The Kier molecular flexibility index (Phi) is 6.32. The second-order valence-electron chi connectivity index (χ2n) is 7.43. The summed E-state index contributed by atoms with van der Waals surface area (Å²) in [5.74, 6) is 2.60. The van der Waals surface area contributed by atoms with Gasteiger partial charge >= 0.3 is 0 Å². The predicted molar refractivity (Wildman–Crippen MR) is 118 cm³/mol. The average molecular weight is 408 g/mol. The Hall–Kier alpha value is -3.29. The number of aliphatic imine (C=N–C) groups is 1. The largest absolute Gasteiger partial charge is 0.461 e. The Balaban J connectivity index is 1.42. The van der Waals surface area contributed by atoms with Crippen molar-refractivity contribution in [1.82, 2.24) is 25.8 Å². The summed E-state index contributed by atoms with van der Waals surface area (Å²) in [6.07, 6.45) is 4.16. The van der Waals surface area contributed by atoms with E-state index in [1.54, 1.807) is 6.26 Å². The molecule has 1 aromatic carbocycles. The Morgan fingerprint density at radius 1 is 1.27 bits per heavy atom. The summed E-state index contributed by atoms with van der Waals surface area (Å²) in [7, 11) is 0. The summed E-state index contributed by atoms with van der Waals surface area (Å²) >= 11 is 0. The molecule has 2 aromatic heterocycles. The smallest absolute Gasteiger partial charge is 0.216 e. The molecule has 0 bridgehead atoms. The number of anilines is 1. The molecule has 0 amide bonds. The molecule has 1 atom stereocenters. The molecule has 3 N–H and O–H groups in total. The van der Waals surface area contributed by atoms with E-state index in [2.05, 4.69) is 73.8 Å². The monoisotopic (exact) mass is 407 g/mol. The number of nitrogens with zero attached hydrogens (tertiary/aromatic N) is 4. The van der Waals surface area contributed by atoms with Crippen LogP contribution in [0.25, 0.3) is 11.6 Å². The predicted octanol–water partition coefficient (Wildman–Crippen LogP) is 3.48. The lowest BCUT2D eigenvalue weighted by molar-refractivity contribution is 0.577. The zero-order chi connectivity index (χ0) is 20.8. The van der Waals surface area contributed by atoms with E-state index in [0.717, 1.165) is 25.6 Å². The van der Waals surface area contributed by atoms with E-state index in [-0.39, 0.29) is 6.04 Å². The molecular formula is C22H29N7O. The van der Waals surface area contributed by atoms with Gasteiger partial charge in [-0.25, -0.2) is 9.98 Å². The van der Waals surface area contributed by atoms with Gasteiger partial charge in [0.2, 0.25) is 5.82 Å². The molecule has 0 spiro atoms. The molecule has 1 unspecified atom stereocenters. The van der Waals surface area contributed by atoms with Gasteiger partial charge in [-0.3, -0.25) is 5.10 Å². The second-order valence-corrected chi connectivity index (χ2v) is 7.43. The van der Waals surface area contributed by atoms with Crippen LogP contribution in [-0.4, -0.2) is 40.8 Å². The van der Waals surface area contributed by atoms with Crippen LogP contribution >= 0.6 is 0 Å². The number of H-pyrrole nitrogens is 1. The molecule has 3 heterocycles. The highest BCUT2D eigenvalue weighted by atomic mass is 16.3. The summed E-state index contributed by atoms with van der Waals surface area (Å²) in [5.41, 5.74) is 2.54. The minimum absolute atomic E-state index is 0.124. The Morgan fingerprint density at radius 3 is 2.90 bits per heavy atom. The molecule has 30 heavy (non-hydrogen) atoms. The van der Waals surface area contributed by atoms with Crippen molar-refractivity contribution in [3.8, 4) is 11.6 Å². The highest BCUT2D eigenvalue weighted by Gasteiger charge is 2.15. The highest BCUT2D eigenvalue weighted by molar-refractivity contribution is 5.80. The SMILES string of the molecule is CCNC(=NCc1nc(-c2ccco2)n[nH]1)NC(C)c1cccc(N2CCCC2)c1. The number of aromatic amines is 1. The van der Waals surface area contributed by atoms with E-state index in [1.807, 2.05) is 12.1 Å². The number of hydrogen-bond acceptors (Lipinski definition) is 5. The van der Waals surface area contributed by atoms with Crippen LogP contribution in [0.1, 0.15) is 44.1 Å². The molecule has 1 aliphatic heterocycles. The van der Waals surface area contributed by atoms with Crippen molar-refractivity contribution in [3.63, 3.8) is 0 Å². The van der Waals surface area contributed by atoms with Crippen molar-refractivity contribution in [2.75, 3.05) is 24.5 Å². The van der Waals surface area contributed by atoms with Crippen molar-refractivity contribution in [2.24, 2.45) is 4.99 Å². The van der Waals surface area contributed by atoms with E-state index in [4.69, 9.17) is 4.42 Å². The van der Waals surface area contributed by atoms with Gasteiger partial charge in [0.05, 0.1) is 12.3 Å². The first kappa shape index (κ1) is 20.0. The third-order valence-corrected chi connectivity index (χ3v) is 5.20. The van der Waals surface area contributed by atoms with Crippen molar-refractivity contribution in [2.45, 2.75) is 39.3 Å². The number of guanidine groups is 1. The van der Waals surface area contributed by atoms with Crippen molar-refractivity contribution in [3.05, 3.63) is 54.0 Å². The first-order valence-electron chi connectivity index (χ1n) is 10.6. The molecule has 158 valence electrons. The van der Waals surface area contributed by atoms with E-state index < -0.39 is 0 Å². The number of hydrogen-bond donors (Lipinski definition) is 3. The molecule has 8 nitrogen and oxygen atoms in total. The molecule has 8 heteroatoms. The number of furan rings is 1. The molecular weight excluding hydrogens is 378 g/mol. The molecule has 1 saturated heterocycles. The number of benzene rings is 1. The van der Waals surface area contributed by atoms with Crippen molar-refractivity contribution >= 4 is 11.6 Å². The van der Waals surface area contributed by atoms with Gasteiger partial charge in [0.15, 0.2) is 11.7 Å². The lowest BCUT2D eigenvalue weighted by Crippen LogP contribution is -2.38. The summed E-state index contributed by atoms with van der Waals surface area (Å²) in [5, 5.41) is 13.9. The summed E-state index contributed by atoms with van der Waals surface area (Å²) < 4.78 is 5.34. The molecule has 3 aromatic rings. The molecule has 0 aliphatic carbocycles. The fourth-order valence-electron chi connectivity index (χ4n) is 3.61. The summed E-state index contributed by atoms with van der Waals surface area (Å²) in [6.45, 7) is 7.67. The standard InChI is InChI=1S/C22H29N7O/c1-3-23-22(24-15-20-26-21(28-27-20)19-10-7-13-30-19)25-16(2)17-8-6-9-18(14-17)29-11-4-5-12-29/h6-10,13-14,16H,3-5,11-12,15H2,1-2H3,(H2,23,24,25)(H,26,27,28). The van der Waals surface area contributed by atoms with Crippen LogP contribution in [-0.2, 0) is 6.54 Å². The lowest BCUT2D eigenvalue weighted by atomic mass is 10.1. The number of rotatable bonds is 7. The van der Waals surface area contributed by atoms with E-state index >= 15 is 0 Å². The molecule has 4 rings (SSSR count). The van der Waals surface area contributed by atoms with Crippen LogP contribution in [0.5, 0.6) is 0 Å². The first-order chi connectivity index (χ1) is 14.7. The maximum atomic E-state index is 5.34. The van der Waals surface area contributed by atoms with Gasteiger partial charge in [-0.2, -0.15) is 0 Å². The molecule has 0 saturated carbocycles. The minimum Gasteiger partial charge on any atom is -0.461 e. The summed E-state index contributed by atoms with van der Waals surface area (Å²) in [4.78, 5) is 11.6. The minimum atomic E-state index is 0.124. The van der Waals surface area contributed by atoms with E-state index in [1.165, 1.54) is 24.1 Å². The van der Waals surface area contributed by atoms with Crippen molar-refractivity contribution < 1.29 is 4.42 Å². The topological polar surface area (TPSA) is 94.4 Å². The number of nitrogens with one attached hydrogen (secondary N) is 3. The average Bonchev–Trinajstić information content (AvgIpc) is 3.54. The van der Waals surface area contributed by atoms with Gasteiger partial charge in [0.25, 0.3) is 0 Å². The van der Waals surface area contributed by atoms with Gasteiger partial charge < -0.3 is 20.0 Å². The van der Waals surface area contributed by atoms with Crippen LogP contribution in [0.4, 0.5) is 5.69 Å². The van der Waals surface area contributed by atoms with Crippen LogP contribution in [0.15, 0.2) is 52.1 Å². The van der Waals surface area contributed by atoms with Gasteiger partial charge in [0, 0.05) is 25.3 Å². The fraction of sp³-hybridized carbons (Fsp3) is 0.409. The number of aromatic nitrogens is 3. The maximum absolute atomic E-state index is 5.34.